The van der Waals surface area contributed by atoms with Gasteiger partial charge in [0, 0.05) is 5.92 Å². The molecule has 3 rings (SSSR count). The minimum absolute atomic E-state index is 0.0442. The van der Waals surface area contributed by atoms with Gasteiger partial charge in [-0.25, -0.2) is 4.79 Å². The molecule has 2 atom stereocenters. The summed E-state index contributed by atoms with van der Waals surface area (Å²) in [7, 11) is 0. The van der Waals surface area contributed by atoms with Gasteiger partial charge in [0.25, 0.3) is 0 Å². The average molecular weight is 455 g/mol. The largest absolute Gasteiger partial charge is 0.481 e. The number of aliphatic carboxylic acids is 1. The maximum Gasteiger partial charge on any atom is 0.407 e. The maximum absolute atomic E-state index is 12.7. The van der Waals surface area contributed by atoms with Gasteiger partial charge in [-0.2, -0.15) is 0 Å². The van der Waals surface area contributed by atoms with Crippen LogP contribution < -0.4 is 10.6 Å². The molecule has 0 fully saturated rings. The molecule has 2 amide bonds. The lowest BCUT2D eigenvalue weighted by Gasteiger charge is -2.30. The fourth-order valence-corrected chi connectivity index (χ4v) is 4.22. The third kappa shape index (κ3) is 5.70. The Morgan fingerprint density at radius 1 is 1.00 bits per heavy atom. The highest BCUT2D eigenvalue weighted by Crippen LogP contribution is 2.44. The van der Waals surface area contributed by atoms with Gasteiger partial charge < -0.3 is 25.6 Å². The lowest BCUT2D eigenvalue weighted by Crippen LogP contribution is -2.55. The first-order valence-electron chi connectivity index (χ1n) is 11.0. The van der Waals surface area contributed by atoms with Gasteiger partial charge in [-0.1, -0.05) is 55.5 Å². The molecule has 0 aliphatic heterocycles. The van der Waals surface area contributed by atoms with Crippen molar-refractivity contribution in [2.75, 3.05) is 6.61 Å². The van der Waals surface area contributed by atoms with E-state index in [2.05, 4.69) is 10.6 Å². The average Bonchev–Trinajstić information content (AvgIpc) is 3.08. The van der Waals surface area contributed by atoms with Gasteiger partial charge in [0.05, 0.1) is 18.1 Å². The molecule has 1 aliphatic carbocycles. The van der Waals surface area contributed by atoms with Crippen molar-refractivity contribution < 1.29 is 29.3 Å². The maximum atomic E-state index is 12.7. The molecule has 1 aliphatic rings. The van der Waals surface area contributed by atoms with Gasteiger partial charge in [0.15, 0.2) is 0 Å². The van der Waals surface area contributed by atoms with E-state index in [0.717, 1.165) is 22.3 Å². The van der Waals surface area contributed by atoms with Crippen LogP contribution in [-0.2, 0) is 14.3 Å². The van der Waals surface area contributed by atoms with E-state index in [4.69, 9.17) is 4.74 Å². The Hall–Kier alpha value is -3.39. The van der Waals surface area contributed by atoms with Crippen molar-refractivity contribution in [2.45, 2.75) is 57.2 Å². The molecular formula is C25H30N2O6. The molecule has 0 spiro atoms. The normalized spacial score (nSPS) is 14.5. The molecule has 0 radical (unpaired) electrons. The number of fused-ring (bicyclic) bond motifs is 3. The van der Waals surface area contributed by atoms with E-state index in [-0.39, 0.29) is 12.5 Å². The van der Waals surface area contributed by atoms with Crippen molar-refractivity contribution in [1.29, 1.82) is 0 Å². The van der Waals surface area contributed by atoms with E-state index in [1.165, 1.54) is 0 Å². The van der Waals surface area contributed by atoms with E-state index >= 15 is 0 Å². The molecule has 4 N–H and O–H groups in total. The smallest absolute Gasteiger partial charge is 0.407 e. The van der Waals surface area contributed by atoms with Crippen LogP contribution in [0.25, 0.3) is 11.1 Å². The number of carboxylic acids is 1. The van der Waals surface area contributed by atoms with Crippen LogP contribution in [0.15, 0.2) is 48.5 Å². The molecule has 0 saturated carbocycles. The number of aliphatic hydroxyl groups is 1. The first-order valence-corrected chi connectivity index (χ1v) is 11.0. The number of amides is 2. The number of hydrogen-bond acceptors (Lipinski definition) is 5. The summed E-state index contributed by atoms with van der Waals surface area (Å²) >= 11 is 0. The molecule has 176 valence electrons. The minimum Gasteiger partial charge on any atom is -0.481 e. The number of nitrogens with one attached hydrogen (secondary N) is 2. The predicted octanol–water partition coefficient (Wildman–Crippen LogP) is 3.03. The molecular weight excluding hydrogens is 424 g/mol. The molecule has 2 aromatic carbocycles. The number of carbonyl (C=O) groups excluding carboxylic acids is 2. The Morgan fingerprint density at radius 3 is 2.03 bits per heavy atom. The first-order chi connectivity index (χ1) is 15.6. The lowest BCUT2D eigenvalue weighted by atomic mass is 9.96. The van der Waals surface area contributed by atoms with Gasteiger partial charge in [0.1, 0.15) is 12.6 Å². The highest BCUT2D eigenvalue weighted by atomic mass is 16.5. The van der Waals surface area contributed by atoms with Gasteiger partial charge in [-0.3, -0.25) is 9.59 Å². The fourth-order valence-electron chi connectivity index (χ4n) is 4.22. The van der Waals surface area contributed by atoms with Crippen molar-refractivity contribution in [1.82, 2.24) is 10.6 Å². The van der Waals surface area contributed by atoms with Crippen molar-refractivity contribution in [3.05, 3.63) is 59.7 Å². The summed E-state index contributed by atoms with van der Waals surface area (Å²) < 4.78 is 5.43. The highest BCUT2D eigenvalue weighted by molar-refractivity contribution is 5.89. The molecule has 0 saturated heterocycles. The number of hydrogen-bond donors (Lipinski definition) is 4. The standard InChI is InChI=1S/C25H30N2O6/c1-4-21(25(2,3)32)27-23(30)20(13-22(28)29)26-24(31)33-14-19-17-11-7-5-9-15(17)16-10-6-8-12-18(16)19/h5-12,19-21,32H,4,13-14H2,1-3H3,(H,26,31)(H,27,30)(H,28,29). The van der Waals surface area contributed by atoms with Crippen molar-refractivity contribution in [2.24, 2.45) is 0 Å². The zero-order chi connectivity index (χ0) is 24.2. The van der Waals surface area contributed by atoms with Crippen LogP contribution in [0.5, 0.6) is 0 Å². The quantitative estimate of drug-likeness (QED) is 0.462. The SMILES string of the molecule is CCC(NC(=O)C(CC(=O)O)NC(=O)OCC1c2ccccc2-c2ccccc21)C(C)(C)O. The highest BCUT2D eigenvalue weighted by Gasteiger charge is 2.32. The number of rotatable bonds is 9. The van der Waals surface area contributed by atoms with Crippen molar-refractivity contribution in [3.63, 3.8) is 0 Å². The van der Waals surface area contributed by atoms with Crippen LogP contribution in [0, 0.1) is 0 Å². The second-order valence-corrected chi connectivity index (χ2v) is 8.74. The van der Waals surface area contributed by atoms with Crippen LogP contribution >= 0.6 is 0 Å². The number of carboxylic acid groups (broad SMARTS) is 1. The number of ether oxygens (including phenoxy) is 1. The Kier molecular flexibility index (Phi) is 7.38. The molecule has 0 bridgehead atoms. The summed E-state index contributed by atoms with van der Waals surface area (Å²) in [6, 6.07) is 13.8. The second kappa shape index (κ2) is 10.0. The Morgan fingerprint density at radius 2 is 1.55 bits per heavy atom. The molecule has 8 nitrogen and oxygen atoms in total. The number of alkyl carbamates (subject to hydrolysis) is 1. The predicted molar refractivity (Wildman–Crippen MR) is 123 cm³/mol. The zero-order valence-corrected chi connectivity index (χ0v) is 19.0. The van der Waals surface area contributed by atoms with Crippen LogP contribution in [0.2, 0.25) is 0 Å². The van der Waals surface area contributed by atoms with E-state index in [9.17, 15) is 24.6 Å². The number of benzene rings is 2. The van der Waals surface area contributed by atoms with Crippen molar-refractivity contribution in [3.8, 4) is 11.1 Å². The molecule has 0 heterocycles. The summed E-state index contributed by atoms with van der Waals surface area (Å²) in [5.74, 6) is -2.10. The van der Waals surface area contributed by atoms with Crippen LogP contribution in [0.3, 0.4) is 0 Å². The summed E-state index contributed by atoms with van der Waals surface area (Å²) in [6.45, 7) is 4.93. The summed E-state index contributed by atoms with van der Waals surface area (Å²) in [6.07, 6.45) is -1.06. The molecule has 8 heteroatoms. The molecule has 2 unspecified atom stereocenters. The Bertz CT molecular complexity index is 984. The third-order valence-corrected chi connectivity index (χ3v) is 5.91. The first kappa shape index (κ1) is 24.3. The van der Waals surface area contributed by atoms with Crippen molar-refractivity contribution >= 4 is 18.0 Å². The second-order valence-electron chi connectivity index (χ2n) is 8.74. The lowest BCUT2D eigenvalue weighted by molar-refractivity contribution is -0.140. The Labute approximate surface area is 193 Å². The van der Waals surface area contributed by atoms with Gasteiger partial charge >= 0.3 is 12.1 Å². The zero-order valence-electron chi connectivity index (χ0n) is 19.0. The fraction of sp³-hybridized carbons (Fsp3) is 0.400. The molecule has 33 heavy (non-hydrogen) atoms. The monoisotopic (exact) mass is 454 g/mol. The Balaban J connectivity index is 1.68. The van der Waals surface area contributed by atoms with Crippen LogP contribution in [0.1, 0.15) is 50.7 Å². The van der Waals surface area contributed by atoms with Gasteiger partial charge in [0.2, 0.25) is 5.91 Å². The van der Waals surface area contributed by atoms with Gasteiger partial charge in [-0.05, 0) is 42.5 Å². The van der Waals surface area contributed by atoms with Crippen LogP contribution in [0.4, 0.5) is 4.79 Å². The molecule has 2 aromatic rings. The van der Waals surface area contributed by atoms with Crippen LogP contribution in [-0.4, -0.2) is 52.5 Å². The summed E-state index contributed by atoms with van der Waals surface area (Å²) in [5, 5.41) is 24.4. The van der Waals surface area contributed by atoms with E-state index in [1.54, 1.807) is 20.8 Å². The van der Waals surface area contributed by atoms with Gasteiger partial charge in [-0.15, -0.1) is 0 Å². The summed E-state index contributed by atoms with van der Waals surface area (Å²) in [5.41, 5.74) is 3.05. The van der Waals surface area contributed by atoms with E-state index in [1.807, 2.05) is 48.5 Å². The minimum atomic E-state index is -1.34. The summed E-state index contributed by atoms with van der Waals surface area (Å²) in [4.78, 5) is 36.4. The molecule has 0 aromatic heterocycles. The number of carbonyl (C=O) groups is 3. The third-order valence-electron chi connectivity index (χ3n) is 5.91. The topological polar surface area (TPSA) is 125 Å². The van der Waals surface area contributed by atoms with E-state index < -0.39 is 42.1 Å². The van der Waals surface area contributed by atoms with E-state index in [0.29, 0.717) is 6.42 Å².